The maximum Gasteiger partial charge on any atom is 0.271 e. The quantitative estimate of drug-likeness (QED) is 0.200. The van der Waals surface area contributed by atoms with Crippen LogP contribution in [0.1, 0.15) is 29.7 Å². The number of nitrogens with zero attached hydrogens (tertiary/aromatic N) is 2. The van der Waals surface area contributed by atoms with Crippen molar-refractivity contribution in [3.8, 4) is 11.5 Å². The fraction of sp³-hybridized carbons (Fsp3) is 0.114. The van der Waals surface area contributed by atoms with E-state index >= 15 is 0 Å². The largest absolute Gasteiger partial charge is 0.497 e. The molecule has 0 saturated carbocycles. The van der Waals surface area contributed by atoms with Gasteiger partial charge in [-0.1, -0.05) is 83.1 Å². The van der Waals surface area contributed by atoms with Gasteiger partial charge in [0.1, 0.15) is 18.1 Å². The Morgan fingerprint density at radius 2 is 1.73 bits per heavy atom. The van der Waals surface area contributed by atoms with E-state index in [0.717, 1.165) is 16.7 Å². The highest BCUT2D eigenvalue weighted by Gasteiger charge is 2.32. The van der Waals surface area contributed by atoms with Gasteiger partial charge in [-0.3, -0.25) is 14.2 Å². The molecule has 1 atom stereocenters. The third-order valence-electron chi connectivity index (χ3n) is 7.25. The molecule has 1 aliphatic rings. The molecule has 0 radical (unpaired) electrons. The SMILES string of the molecule is COc1cccc(C2C(C(=O)Nc3ccccc3)=C(C)N=c3sc(=Cc4cccc(OCc5ccc(Cl)c(Cl)c5)c4)c(=O)n32)c1. The molecule has 4 aromatic carbocycles. The molecule has 1 N–H and O–H groups in total. The number of allylic oxidation sites excluding steroid dienone is 1. The van der Waals surface area contributed by atoms with Crippen LogP contribution in [0.15, 0.2) is 118 Å². The first kappa shape index (κ1) is 30.4. The van der Waals surface area contributed by atoms with Crippen LogP contribution in [0.25, 0.3) is 6.08 Å². The Kier molecular flexibility index (Phi) is 8.89. The third-order valence-corrected chi connectivity index (χ3v) is 8.97. The van der Waals surface area contributed by atoms with Crippen molar-refractivity contribution in [1.82, 2.24) is 4.57 Å². The van der Waals surface area contributed by atoms with Crippen molar-refractivity contribution in [2.75, 3.05) is 12.4 Å². The summed E-state index contributed by atoms with van der Waals surface area (Å²) >= 11 is 13.4. The number of fused-ring (bicyclic) bond motifs is 1. The number of carbonyl (C=O) groups is 1. The number of anilines is 1. The fourth-order valence-corrected chi connectivity index (χ4v) is 6.47. The van der Waals surface area contributed by atoms with Crippen molar-refractivity contribution < 1.29 is 14.3 Å². The van der Waals surface area contributed by atoms with Crippen LogP contribution in [0.4, 0.5) is 5.69 Å². The summed E-state index contributed by atoms with van der Waals surface area (Å²) in [7, 11) is 1.58. The van der Waals surface area contributed by atoms with Crippen molar-refractivity contribution in [3.63, 3.8) is 0 Å². The number of para-hydroxylation sites is 1. The number of hydrogen-bond donors (Lipinski definition) is 1. The molecular formula is C35H27Cl2N3O4S. The first-order chi connectivity index (χ1) is 21.8. The summed E-state index contributed by atoms with van der Waals surface area (Å²) in [5.41, 5.74) is 3.68. The van der Waals surface area contributed by atoms with E-state index in [9.17, 15) is 9.59 Å². The average Bonchev–Trinajstić information content (AvgIpc) is 3.35. The first-order valence-corrected chi connectivity index (χ1v) is 15.6. The molecule has 1 unspecified atom stereocenters. The normalized spacial score (nSPS) is 14.5. The van der Waals surface area contributed by atoms with Crippen LogP contribution in [-0.4, -0.2) is 17.6 Å². The average molecular weight is 657 g/mol. The minimum atomic E-state index is -0.719. The van der Waals surface area contributed by atoms with Gasteiger partial charge >= 0.3 is 0 Å². The molecule has 0 bridgehead atoms. The van der Waals surface area contributed by atoms with Gasteiger partial charge in [0.15, 0.2) is 4.80 Å². The zero-order chi connectivity index (χ0) is 31.5. The van der Waals surface area contributed by atoms with Crippen LogP contribution >= 0.6 is 34.5 Å². The Hall–Kier alpha value is -4.63. The molecule has 2 heterocycles. The van der Waals surface area contributed by atoms with Crippen molar-refractivity contribution in [1.29, 1.82) is 0 Å². The molecule has 1 amide bonds. The predicted octanol–water partition coefficient (Wildman–Crippen LogP) is 6.77. The van der Waals surface area contributed by atoms with Gasteiger partial charge in [-0.15, -0.1) is 0 Å². The highest BCUT2D eigenvalue weighted by molar-refractivity contribution is 7.07. The number of benzene rings is 4. The molecule has 226 valence electrons. The fourth-order valence-electron chi connectivity index (χ4n) is 5.10. The smallest absolute Gasteiger partial charge is 0.271 e. The Labute approximate surface area is 273 Å². The van der Waals surface area contributed by atoms with Gasteiger partial charge in [0, 0.05) is 5.69 Å². The van der Waals surface area contributed by atoms with Gasteiger partial charge in [0.05, 0.1) is 39.0 Å². The second kappa shape index (κ2) is 13.2. The van der Waals surface area contributed by atoms with Crippen LogP contribution < -0.4 is 29.7 Å². The molecule has 0 spiro atoms. The van der Waals surface area contributed by atoms with Crippen LogP contribution in [0.2, 0.25) is 10.0 Å². The van der Waals surface area contributed by atoms with E-state index in [0.29, 0.717) is 54.4 Å². The molecule has 10 heteroatoms. The minimum absolute atomic E-state index is 0.258. The minimum Gasteiger partial charge on any atom is -0.497 e. The van der Waals surface area contributed by atoms with Crippen LogP contribution in [0, 0.1) is 0 Å². The molecule has 5 aromatic rings. The first-order valence-electron chi connectivity index (χ1n) is 14.0. The van der Waals surface area contributed by atoms with Crippen molar-refractivity contribution in [3.05, 3.63) is 155 Å². The van der Waals surface area contributed by atoms with Crippen LogP contribution in [-0.2, 0) is 11.4 Å². The molecular weight excluding hydrogens is 629 g/mol. The molecule has 0 saturated heterocycles. The zero-order valence-corrected chi connectivity index (χ0v) is 26.6. The Bertz CT molecular complexity index is 2120. The molecule has 1 aromatic heterocycles. The number of amides is 1. The van der Waals surface area contributed by atoms with Crippen LogP contribution in [0.3, 0.4) is 0 Å². The second-order valence-corrected chi connectivity index (χ2v) is 12.1. The number of methoxy groups -OCH3 is 1. The number of hydrogen-bond acceptors (Lipinski definition) is 6. The summed E-state index contributed by atoms with van der Waals surface area (Å²) in [5.74, 6) is 0.911. The van der Waals surface area contributed by atoms with E-state index < -0.39 is 6.04 Å². The van der Waals surface area contributed by atoms with E-state index in [1.165, 1.54) is 11.3 Å². The summed E-state index contributed by atoms with van der Waals surface area (Å²) in [6, 6.07) is 28.7. The van der Waals surface area contributed by atoms with Gasteiger partial charge < -0.3 is 14.8 Å². The second-order valence-electron chi connectivity index (χ2n) is 10.3. The third kappa shape index (κ3) is 6.59. The summed E-state index contributed by atoms with van der Waals surface area (Å²) in [5, 5.41) is 3.91. The van der Waals surface area contributed by atoms with E-state index in [-0.39, 0.29) is 11.5 Å². The number of thiazole rings is 1. The molecule has 0 aliphatic carbocycles. The van der Waals surface area contributed by atoms with Gasteiger partial charge in [0.2, 0.25) is 0 Å². The Morgan fingerprint density at radius 1 is 0.956 bits per heavy atom. The lowest BCUT2D eigenvalue weighted by Gasteiger charge is -2.25. The topological polar surface area (TPSA) is 81.9 Å². The van der Waals surface area contributed by atoms with Crippen LogP contribution in [0.5, 0.6) is 11.5 Å². The maximum atomic E-state index is 14.1. The lowest BCUT2D eigenvalue weighted by Crippen LogP contribution is -2.40. The van der Waals surface area contributed by atoms with Crippen molar-refractivity contribution in [2.24, 2.45) is 4.99 Å². The number of nitrogens with one attached hydrogen (secondary N) is 1. The van der Waals surface area contributed by atoms with E-state index in [1.807, 2.05) is 91.0 Å². The summed E-state index contributed by atoms with van der Waals surface area (Å²) in [6.45, 7) is 2.09. The Morgan fingerprint density at radius 3 is 2.51 bits per heavy atom. The number of rotatable bonds is 8. The number of aromatic nitrogens is 1. The molecule has 45 heavy (non-hydrogen) atoms. The maximum absolute atomic E-state index is 14.1. The Balaban J connectivity index is 1.38. The standard InChI is InChI=1S/C35H27Cl2N3O4S/c1-21-31(33(41)39-25-10-4-3-5-11-25)32(24-9-7-12-26(19-24)43-2)40-34(42)30(45-35(40)38-21)18-22-8-6-13-27(16-22)44-20-23-14-15-28(36)29(37)17-23/h3-19,32H,20H2,1-2H3,(H,39,41). The highest BCUT2D eigenvalue weighted by atomic mass is 35.5. The summed E-state index contributed by atoms with van der Waals surface area (Å²) < 4.78 is 13.5. The van der Waals surface area contributed by atoms with Gasteiger partial charge in [-0.05, 0) is 78.2 Å². The molecule has 7 nitrogen and oxygen atoms in total. The highest BCUT2D eigenvalue weighted by Crippen LogP contribution is 2.32. The molecule has 1 aliphatic heterocycles. The summed E-state index contributed by atoms with van der Waals surface area (Å²) in [6.07, 6.45) is 1.81. The van der Waals surface area contributed by atoms with E-state index in [2.05, 4.69) is 5.32 Å². The number of halogens is 2. The lowest BCUT2D eigenvalue weighted by molar-refractivity contribution is -0.113. The summed E-state index contributed by atoms with van der Waals surface area (Å²) in [4.78, 5) is 33.1. The van der Waals surface area contributed by atoms with Gasteiger partial charge in [-0.25, -0.2) is 4.99 Å². The van der Waals surface area contributed by atoms with E-state index in [1.54, 1.807) is 30.7 Å². The monoisotopic (exact) mass is 655 g/mol. The predicted molar refractivity (Wildman–Crippen MR) is 179 cm³/mol. The van der Waals surface area contributed by atoms with Crippen molar-refractivity contribution in [2.45, 2.75) is 19.6 Å². The van der Waals surface area contributed by atoms with Gasteiger partial charge in [-0.2, -0.15) is 0 Å². The van der Waals surface area contributed by atoms with E-state index in [4.69, 9.17) is 37.7 Å². The lowest BCUT2D eigenvalue weighted by atomic mass is 9.95. The number of ether oxygens (including phenoxy) is 2. The number of carbonyl (C=O) groups excluding carboxylic acids is 1. The van der Waals surface area contributed by atoms with Gasteiger partial charge in [0.25, 0.3) is 11.5 Å². The van der Waals surface area contributed by atoms with Crippen molar-refractivity contribution >= 4 is 52.2 Å². The molecule has 0 fully saturated rings. The zero-order valence-electron chi connectivity index (χ0n) is 24.3. The molecule has 6 rings (SSSR count).